The first-order chi connectivity index (χ1) is 22.4. The van der Waals surface area contributed by atoms with Crippen LogP contribution in [0.3, 0.4) is 0 Å². The molecule has 0 spiro atoms. The summed E-state index contributed by atoms with van der Waals surface area (Å²) in [5, 5.41) is 28.3. The minimum atomic E-state index is -1.25. The summed E-state index contributed by atoms with van der Waals surface area (Å²) < 4.78 is 0. The van der Waals surface area contributed by atoms with Gasteiger partial charge < -0.3 is 37.0 Å². The molecule has 2 aromatic carbocycles. The molecule has 1 aromatic heterocycles. The number of benzene rings is 2. The number of aromatic carboxylic acids is 1. The normalized spacial score (nSPS) is 11.5. The van der Waals surface area contributed by atoms with Crippen molar-refractivity contribution in [3.8, 4) is 0 Å². The number of hydrogen-bond donors (Lipinski definition) is 7. The van der Waals surface area contributed by atoms with Crippen molar-refractivity contribution in [3.05, 3.63) is 46.5 Å². The van der Waals surface area contributed by atoms with E-state index in [1.54, 1.807) is 0 Å². The molecule has 0 radical (unpaired) electrons. The zero-order chi connectivity index (χ0) is 34.5. The molecule has 47 heavy (non-hydrogen) atoms. The van der Waals surface area contributed by atoms with Crippen molar-refractivity contribution in [3.63, 3.8) is 0 Å². The predicted molar refractivity (Wildman–Crippen MR) is 184 cm³/mol. The summed E-state index contributed by atoms with van der Waals surface area (Å²) in [6.45, 7) is 17.7. The number of hydrogen-bond acceptors (Lipinski definition) is 9. The molecule has 0 fully saturated rings. The van der Waals surface area contributed by atoms with Gasteiger partial charge in [0.25, 0.3) is 17.7 Å². The van der Waals surface area contributed by atoms with Gasteiger partial charge in [-0.3, -0.25) is 14.4 Å². The highest BCUT2D eigenvalue weighted by molar-refractivity contribution is 6.14. The zero-order valence-corrected chi connectivity index (χ0v) is 28.4. The van der Waals surface area contributed by atoms with Crippen LogP contribution in [-0.2, 0) is 0 Å². The monoisotopic (exact) mass is 650 g/mol. The number of carboxylic acids is 1. The van der Waals surface area contributed by atoms with Gasteiger partial charge in [-0.15, -0.1) is 0 Å². The highest BCUT2D eigenvalue weighted by atomic mass is 16.4. The van der Waals surface area contributed by atoms with Crippen molar-refractivity contribution in [2.24, 2.45) is 17.8 Å². The summed E-state index contributed by atoms with van der Waals surface area (Å²) in [5.74, 6) is -1.20. The van der Waals surface area contributed by atoms with Crippen molar-refractivity contribution in [2.45, 2.75) is 41.5 Å². The fourth-order valence-electron chi connectivity index (χ4n) is 4.78. The van der Waals surface area contributed by atoms with Crippen LogP contribution in [0.25, 0.3) is 22.1 Å². The molecule has 0 atom stereocenters. The average Bonchev–Trinajstić information content (AvgIpc) is 3.01. The Morgan fingerprint density at radius 1 is 0.574 bits per heavy atom. The highest BCUT2D eigenvalue weighted by Crippen LogP contribution is 2.26. The van der Waals surface area contributed by atoms with Gasteiger partial charge in [0.05, 0.1) is 22.2 Å². The SMILES string of the molecule is CC(C)CNCCNC(=O)c1cc(C(=O)NCCNCC(C)C)c2nc3c(C(=O)O)ccc(C(=O)NCCNCC(C)C)c3nc2c1. The Labute approximate surface area is 276 Å². The quantitative estimate of drug-likeness (QED) is 0.0750. The van der Waals surface area contributed by atoms with Crippen molar-refractivity contribution < 1.29 is 24.3 Å². The van der Waals surface area contributed by atoms with Gasteiger partial charge in [-0.1, -0.05) is 41.5 Å². The maximum Gasteiger partial charge on any atom is 0.337 e. The van der Waals surface area contributed by atoms with Crippen molar-refractivity contribution in [2.75, 3.05) is 58.9 Å². The minimum absolute atomic E-state index is 0.0309. The molecule has 256 valence electrons. The van der Waals surface area contributed by atoms with Gasteiger partial charge in [-0.25, -0.2) is 14.8 Å². The minimum Gasteiger partial charge on any atom is -0.478 e. The van der Waals surface area contributed by atoms with Gasteiger partial charge in [0.15, 0.2) is 0 Å². The van der Waals surface area contributed by atoms with E-state index in [1.807, 2.05) is 0 Å². The molecule has 1 heterocycles. The summed E-state index contributed by atoms with van der Waals surface area (Å²) in [5.41, 5.74) is 0.572. The van der Waals surface area contributed by atoms with Gasteiger partial charge in [0, 0.05) is 44.8 Å². The van der Waals surface area contributed by atoms with Crippen LogP contribution in [0.2, 0.25) is 0 Å². The van der Waals surface area contributed by atoms with Gasteiger partial charge in [-0.2, -0.15) is 0 Å². The van der Waals surface area contributed by atoms with E-state index >= 15 is 0 Å². The zero-order valence-electron chi connectivity index (χ0n) is 28.4. The van der Waals surface area contributed by atoms with Crippen LogP contribution in [0.5, 0.6) is 0 Å². The first-order valence-electron chi connectivity index (χ1n) is 16.4. The number of nitrogens with one attached hydrogen (secondary N) is 6. The van der Waals surface area contributed by atoms with Gasteiger partial charge in [0.1, 0.15) is 16.6 Å². The van der Waals surface area contributed by atoms with E-state index in [4.69, 9.17) is 0 Å². The first kappa shape index (κ1) is 37.3. The Kier molecular flexibility index (Phi) is 14.4. The lowest BCUT2D eigenvalue weighted by atomic mass is 10.0. The molecule has 3 rings (SSSR count). The molecule has 0 saturated heterocycles. The van der Waals surface area contributed by atoms with Gasteiger partial charge in [0.2, 0.25) is 0 Å². The summed E-state index contributed by atoms with van der Waals surface area (Å²) in [6.07, 6.45) is 0. The fourth-order valence-corrected chi connectivity index (χ4v) is 4.78. The fraction of sp³-hybridized carbons (Fsp3) is 0.529. The van der Waals surface area contributed by atoms with Crippen LogP contribution in [0.1, 0.15) is 83.0 Å². The van der Waals surface area contributed by atoms with E-state index in [1.165, 1.54) is 24.3 Å². The van der Waals surface area contributed by atoms with Crippen molar-refractivity contribution in [1.29, 1.82) is 0 Å². The summed E-state index contributed by atoms with van der Waals surface area (Å²) >= 11 is 0. The Morgan fingerprint density at radius 2 is 1.02 bits per heavy atom. The van der Waals surface area contributed by atoms with Crippen molar-refractivity contribution in [1.82, 2.24) is 41.9 Å². The predicted octanol–water partition coefficient (Wildman–Crippen LogP) is 2.41. The Bertz CT molecular complexity index is 1560. The molecule has 0 bridgehead atoms. The number of nitrogens with zero attached hydrogens (tertiary/aromatic N) is 2. The number of carbonyl (C=O) groups excluding carboxylic acids is 3. The topological polar surface area (TPSA) is 186 Å². The summed E-state index contributed by atoms with van der Waals surface area (Å²) in [4.78, 5) is 61.5. The molecule has 0 unspecified atom stereocenters. The summed E-state index contributed by atoms with van der Waals surface area (Å²) in [7, 11) is 0. The van der Waals surface area contributed by atoms with Crippen LogP contribution >= 0.6 is 0 Å². The van der Waals surface area contributed by atoms with E-state index in [9.17, 15) is 24.3 Å². The van der Waals surface area contributed by atoms with E-state index in [-0.39, 0.29) is 44.3 Å². The first-order valence-corrected chi connectivity index (χ1v) is 16.4. The third-order valence-electron chi connectivity index (χ3n) is 7.10. The molecule has 0 aliphatic heterocycles. The average molecular weight is 651 g/mol. The van der Waals surface area contributed by atoms with Gasteiger partial charge >= 0.3 is 5.97 Å². The van der Waals surface area contributed by atoms with Crippen molar-refractivity contribution >= 4 is 45.8 Å². The molecule has 13 nitrogen and oxygen atoms in total. The summed E-state index contributed by atoms with van der Waals surface area (Å²) in [6, 6.07) is 5.66. The number of carbonyl (C=O) groups is 4. The number of fused-ring (bicyclic) bond motifs is 2. The van der Waals surface area contributed by atoms with Crippen LogP contribution in [-0.4, -0.2) is 97.7 Å². The molecular formula is C34H50N8O5. The molecule has 3 amide bonds. The van der Waals surface area contributed by atoms with E-state index in [0.717, 1.165) is 19.6 Å². The lowest BCUT2D eigenvalue weighted by Gasteiger charge is -2.14. The van der Waals surface area contributed by atoms with E-state index < -0.39 is 23.7 Å². The molecule has 3 aromatic rings. The second-order valence-corrected chi connectivity index (χ2v) is 12.8. The Balaban J connectivity index is 2.03. The van der Waals surface area contributed by atoms with Crippen LogP contribution in [0.4, 0.5) is 0 Å². The molecule has 0 aliphatic carbocycles. The smallest absolute Gasteiger partial charge is 0.337 e. The number of aromatic nitrogens is 2. The number of rotatable bonds is 19. The standard InChI is InChI=1S/C34H50N8O5/c1-20(2)17-35-9-12-38-31(43)23-15-26(33(45)40-14-11-37-19-22(5)6)28-27(16-23)41-29-24(7-8-25(34(46)47)30(29)42-28)32(44)39-13-10-36-18-21(3)4/h7-8,15-16,20-22,35-37H,9-14,17-19H2,1-6H3,(H,38,43)(H,39,44)(H,40,45)(H,46,47). The molecule has 0 saturated carbocycles. The number of carboxylic acid groups (broad SMARTS) is 1. The third kappa shape index (κ3) is 11.2. The van der Waals surface area contributed by atoms with Crippen LogP contribution < -0.4 is 31.9 Å². The lowest BCUT2D eigenvalue weighted by Crippen LogP contribution is -2.34. The van der Waals surface area contributed by atoms with E-state index in [0.29, 0.717) is 57.0 Å². The molecule has 7 N–H and O–H groups in total. The molecule has 0 aliphatic rings. The lowest BCUT2D eigenvalue weighted by molar-refractivity contribution is 0.0697. The molecular weight excluding hydrogens is 600 g/mol. The second-order valence-electron chi connectivity index (χ2n) is 12.8. The van der Waals surface area contributed by atoms with E-state index in [2.05, 4.69) is 83.4 Å². The maximum absolute atomic E-state index is 13.5. The maximum atomic E-state index is 13.5. The second kappa shape index (κ2) is 18.2. The Morgan fingerprint density at radius 3 is 1.51 bits per heavy atom. The largest absolute Gasteiger partial charge is 0.478 e. The highest BCUT2D eigenvalue weighted by Gasteiger charge is 2.23. The van der Waals surface area contributed by atoms with Gasteiger partial charge in [-0.05, 0) is 61.7 Å². The van der Waals surface area contributed by atoms with Crippen LogP contribution in [0, 0.1) is 17.8 Å². The molecule has 13 heteroatoms. The third-order valence-corrected chi connectivity index (χ3v) is 7.10. The number of amides is 3. The Hall–Kier alpha value is -4.20. The van der Waals surface area contributed by atoms with Crippen LogP contribution in [0.15, 0.2) is 24.3 Å².